The Bertz CT molecular complexity index is 624. The van der Waals surface area contributed by atoms with Crippen LogP contribution in [0.25, 0.3) is 11.0 Å². The maximum absolute atomic E-state index is 5.44. The molecule has 0 saturated carbocycles. The lowest BCUT2D eigenvalue weighted by atomic mass is 10.2. The van der Waals surface area contributed by atoms with Crippen LogP contribution in [0.4, 0.5) is 0 Å². The molecule has 0 fully saturated rings. The molecule has 0 spiro atoms. The van der Waals surface area contributed by atoms with Gasteiger partial charge in [-0.1, -0.05) is 6.07 Å². The van der Waals surface area contributed by atoms with E-state index >= 15 is 0 Å². The van der Waals surface area contributed by atoms with Gasteiger partial charge in [0.2, 0.25) is 0 Å². The number of nitrogens with one attached hydrogen (secondary N) is 1. The monoisotopic (exact) mass is 291 g/mol. The molecule has 0 atom stereocenters. The van der Waals surface area contributed by atoms with E-state index in [1.807, 2.05) is 0 Å². The zero-order valence-electron chi connectivity index (χ0n) is 12.9. The number of nitrogens with zero attached hydrogens (tertiary/aromatic N) is 2. The van der Waals surface area contributed by atoms with Crippen molar-refractivity contribution in [3.05, 3.63) is 28.5 Å². The van der Waals surface area contributed by atoms with Gasteiger partial charge >= 0.3 is 0 Å². The van der Waals surface area contributed by atoms with Crippen LogP contribution in [0.1, 0.15) is 32.3 Å². The highest BCUT2D eigenvalue weighted by atomic mass is 32.1. The third-order valence-electron chi connectivity index (χ3n) is 3.95. The van der Waals surface area contributed by atoms with E-state index in [4.69, 9.17) is 12.2 Å². The molecule has 1 aromatic carbocycles. The molecular formula is C16H25N3S. The largest absolute Gasteiger partial charge is 0.331 e. The minimum Gasteiger partial charge on any atom is -0.331 e. The number of aryl methyl sites for hydroxylation is 2. The van der Waals surface area contributed by atoms with Gasteiger partial charge in [-0.3, -0.25) is 0 Å². The number of fused-ring (bicyclic) bond motifs is 1. The average Bonchev–Trinajstić information content (AvgIpc) is 2.69. The molecule has 4 heteroatoms. The summed E-state index contributed by atoms with van der Waals surface area (Å²) in [6, 6.07) is 7.09. The molecule has 0 radical (unpaired) electrons. The zero-order valence-corrected chi connectivity index (χ0v) is 13.8. The molecule has 1 N–H and O–H groups in total. The Morgan fingerprint density at radius 3 is 2.75 bits per heavy atom. The van der Waals surface area contributed by atoms with Crippen LogP contribution in [0.2, 0.25) is 0 Å². The van der Waals surface area contributed by atoms with Gasteiger partial charge in [0.25, 0.3) is 0 Å². The highest BCUT2D eigenvalue weighted by Crippen LogP contribution is 2.16. The maximum Gasteiger partial charge on any atom is 0.178 e. The summed E-state index contributed by atoms with van der Waals surface area (Å²) in [5, 5.41) is 0. The standard InChI is InChI=1S/C16H25N3S/c1-12(2)18(4)9-5-6-10-19-15-8-7-13(3)11-14(15)17-16(19)20/h7-8,11-12H,5-6,9-10H2,1-4H3,(H,17,20). The summed E-state index contributed by atoms with van der Waals surface area (Å²) < 4.78 is 3.06. The van der Waals surface area contributed by atoms with Crippen molar-refractivity contribution in [2.24, 2.45) is 0 Å². The first-order valence-corrected chi connectivity index (χ1v) is 7.79. The molecule has 0 aliphatic heterocycles. The van der Waals surface area contributed by atoms with Gasteiger partial charge in [0.05, 0.1) is 11.0 Å². The van der Waals surface area contributed by atoms with E-state index in [9.17, 15) is 0 Å². The second-order valence-electron chi connectivity index (χ2n) is 5.88. The first kappa shape index (κ1) is 15.3. The van der Waals surface area contributed by atoms with Crippen LogP contribution in [-0.2, 0) is 6.54 Å². The molecular weight excluding hydrogens is 266 g/mol. The Balaban J connectivity index is 2.00. The average molecular weight is 291 g/mol. The van der Waals surface area contributed by atoms with E-state index in [1.165, 1.54) is 17.5 Å². The quantitative estimate of drug-likeness (QED) is 0.639. The number of hydrogen-bond acceptors (Lipinski definition) is 2. The van der Waals surface area contributed by atoms with E-state index in [1.54, 1.807) is 0 Å². The molecule has 0 aliphatic rings. The minimum absolute atomic E-state index is 0.619. The van der Waals surface area contributed by atoms with Gasteiger partial charge in [0.15, 0.2) is 4.77 Å². The maximum atomic E-state index is 5.44. The first-order chi connectivity index (χ1) is 9.49. The van der Waals surface area contributed by atoms with Crippen LogP contribution in [-0.4, -0.2) is 34.1 Å². The summed E-state index contributed by atoms with van der Waals surface area (Å²) in [7, 11) is 2.19. The fraction of sp³-hybridized carbons (Fsp3) is 0.562. The fourth-order valence-electron chi connectivity index (χ4n) is 2.39. The molecule has 0 aliphatic carbocycles. The molecule has 2 aromatic rings. The molecule has 1 heterocycles. The summed E-state index contributed by atoms with van der Waals surface area (Å²) in [5.74, 6) is 0. The topological polar surface area (TPSA) is 24.0 Å². The molecule has 0 bridgehead atoms. The molecule has 0 saturated heterocycles. The summed E-state index contributed by atoms with van der Waals surface area (Å²) in [6.07, 6.45) is 2.36. The van der Waals surface area contributed by atoms with Crippen molar-refractivity contribution in [3.8, 4) is 0 Å². The van der Waals surface area contributed by atoms with Gasteiger partial charge in [0.1, 0.15) is 0 Å². The van der Waals surface area contributed by atoms with Crippen molar-refractivity contribution in [2.75, 3.05) is 13.6 Å². The Hall–Kier alpha value is -1.13. The molecule has 0 amide bonds. The van der Waals surface area contributed by atoms with Crippen molar-refractivity contribution in [3.63, 3.8) is 0 Å². The van der Waals surface area contributed by atoms with E-state index in [0.29, 0.717) is 6.04 Å². The number of H-pyrrole nitrogens is 1. The van der Waals surface area contributed by atoms with E-state index in [2.05, 4.69) is 60.5 Å². The van der Waals surface area contributed by atoms with E-state index in [-0.39, 0.29) is 0 Å². The van der Waals surface area contributed by atoms with Gasteiger partial charge in [-0.15, -0.1) is 0 Å². The molecule has 110 valence electrons. The number of rotatable bonds is 6. The molecule has 1 aromatic heterocycles. The minimum atomic E-state index is 0.619. The summed E-state index contributed by atoms with van der Waals surface area (Å²) in [4.78, 5) is 5.69. The molecule has 2 rings (SSSR count). The fourth-order valence-corrected chi connectivity index (χ4v) is 2.69. The Morgan fingerprint density at radius 1 is 1.30 bits per heavy atom. The predicted octanol–water partition coefficient (Wildman–Crippen LogP) is 4.13. The van der Waals surface area contributed by atoms with Gasteiger partial charge < -0.3 is 14.5 Å². The van der Waals surface area contributed by atoms with Crippen molar-refractivity contribution in [1.29, 1.82) is 0 Å². The van der Waals surface area contributed by atoms with Gasteiger partial charge in [-0.25, -0.2) is 0 Å². The Labute approximate surface area is 126 Å². The molecule has 3 nitrogen and oxygen atoms in total. The van der Waals surface area contributed by atoms with Crippen LogP contribution < -0.4 is 0 Å². The van der Waals surface area contributed by atoms with Gasteiger partial charge in [-0.05, 0) is 77.1 Å². The number of aromatic nitrogens is 2. The lowest BCUT2D eigenvalue weighted by molar-refractivity contribution is 0.266. The third-order valence-corrected chi connectivity index (χ3v) is 4.28. The van der Waals surface area contributed by atoms with Crippen LogP contribution >= 0.6 is 12.2 Å². The summed E-state index contributed by atoms with van der Waals surface area (Å²) in [5.41, 5.74) is 3.63. The predicted molar refractivity (Wildman–Crippen MR) is 88.9 cm³/mol. The lowest BCUT2D eigenvalue weighted by Crippen LogP contribution is -2.27. The second kappa shape index (κ2) is 6.55. The van der Waals surface area contributed by atoms with E-state index < -0.39 is 0 Å². The highest BCUT2D eigenvalue weighted by molar-refractivity contribution is 7.71. The number of benzene rings is 1. The van der Waals surface area contributed by atoms with Crippen LogP contribution in [0.3, 0.4) is 0 Å². The second-order valence-corrected chi connectivity index (χ2v) is 6.27. The number of aromatic amines is 1. The van der Waals surface area contributed by atoms with Crippen molar-refractivity contribution in [2.45, 2.75) is 46.2 Å². The third kappa shape index (κ3) is 3.49. The van der Waals surface area contributed by atoms with Crippen LogP contribution in [0.5, 0.6) is 0 Å². The van der Waals surface area contributed by atoms with E-state index in [0.717, 1.165) is 29.8 Å². The summed E-state index contributed by atoms with van der Waals surface area (Å²) >= 11 is 5.44. The highest BCUT2D eigenvalue weighted by Gasteiger charge is 2.05. The number of unbranched alkanes of at least 4 members (excludes halogenated alkanes) is 1. The van der Waals surface area contributed by atoms with Crippen molar-refractivity contribution < 1.29 is 0 Å². The van der Waals surface area contributed by atoms with Gasteiger partial charge in [0, 0.05) is 12.6 Å². The zero-order chi connectivity index (χ0) is 14.7. The number of imidazole rings is 1. The summed E-state index contributed by atoms with van der Waals surface area (Å²) in [6.45, 7) is 8.71. The van der Waals surface area contributed by atoms with Crippen molar-refractivity contribution in [1.82, 2.24) is 14.5 Å². The van der Waals surface area contributed by atoms with Gasteiger partial charge in [-0.2, -0.15) is 0 Å². The van der Waals surface area contributed by atoms with Crippen LogP contribution in [0.15, 0.2) is 18.2 Å². The lowest BCUT2D eigenvalue weighted by Gasteiger charge is -2.20. The normalized spacial score (nSPS) is 11.9. The molecule has 20 heavy (non-hydrogen) atoms. The van der Waals surface area contributed by atoms with Crippen LogP contribution in [0, 0.1) is 11.7 Å². The Kier molecular flexibility index (Phi) is 5.00. The smallest absolute Gasteiger partial charge is 0.178 e. The molecule has 0 unspecified atom stereocenters. The number of hydrogen-bond donors (Lipinski definition) is 1. The SMILES string of the molecule is Cc1ccc2c(c1)[nH]c(=S)n2CCCCN(C)C(C)C. The van der Waals surface area contributed by atoms with Crippen molar-refractivity contribution >= 4 is 23.3 Å². The first-order valence-electron chi connectivity index (χ1n) is 7.38. The Morgan fingerprint density at radius 2 is 2.05 bits per heavy atom.